The summed E-state index contributed by atoms with van der Waals surface area (Å²) >= 11 is 0. The van der Waals surface area contributed by atoms with Gasteiger partial charge in [0.25, 0.3) is 0 Å². The number of benzene rings is 2. The van der Waals surface area contributed by atoms with Crippen LogP contribution in [0.1, 0.15) is 51.0 Å². The molecule has 0 saturated carbocycles. The van der Waals surface area contributed by atoms with E-state index in [0.29, 0.717) is 0 Å². The Bertz CT molecular complexity index is 731. The fourth-order valence-electron chi connectivity index (χ4n) is 2.97. The minimum Gasteiger partial charge on any atom is -0.150 e. The van der Waals surface area contributed by atoms with Gasteiger partial charge < -0.3 is 0 Å². The maximum atomic E-state index is 4.72. The largest absolute Gasteiger partial charge is 0.150 e. The van der Waals surface area contributed by atoms with Gasteiger partial charge in [0.1, 0.15) is 11.0 Å². The second kappa shape index (κ2) is 7.91. The van der Waals surface area contributed by atoms with E-state index in [2.05, 4.69) is 24.2 Å². The highest BCUT2D eigenvalue weighted by molar-refractivity contribution is 5.77. The summed E-state index contributed by atoms with van der Waals surface area (Å²) in [6.07, 6.45) is 9.02. The molecule has 3 rings (SSSR count). The molecule has 2 aromatic carbocycles. The van der Waals surface area contributed by atoms with Crippen LogP contribution in [-0.2, 0) is 6.42 Å². The smallest absolute Gasteiger partial charge is 0.116 e. The van der Waals surface area contributed by atoms with E-state index in [0.717, 1.165) is 23.1 Å². The van der Waals surface area contributed by atoms with Gasteiger partial charge in [-0.2, -0.15) is 4.80 Å². The SMILES string of the molecule is CCCCCCCCc1cccc2nn(-c3ccccc3)nc12. The van der Waals surface area contributed by atoms with Crippen molar-refractivity contribution in [2.75, 3.05) is 0 Å². The van der Waals surface area contributed by atoms with Gasteiger partial charge in [0.05, 0.1) is 5.69 Å². The Morgan fingerprint density at radius 1 is 0.783 bits per heavy atom. The Morgan fingerprint density at radius 2 is 1.57 bits per heavy atom. The molecule has 0 bridgehead atoms. The van der Waals surface area contributed by atoms with E-state index in [1.54, 1.807) is 4.80 Å². The molecule has 3 heteroatoms. The summed E-state index contributed by atoms with van der Waals surface area (Å²) in [7, 11) is 0. The normalized spacial score (nSPS) is 11.2. The highest BCUT2D eigenvalue weighted by atomic mass is 15.5. The lowest BCUT2D eigenvalue weighted by Crippen LogP contribution is -1.97. The molecule has 120 valence electrons. The van der Waals surface area contributed by atoms with E-state index >= 15 is 0 Å². The van der Waals surface area contributed by atoms with Gasteiger partial charge >= 0.3 is 0 Å². The van der Waals surface area contributed by atoms with Crippen LogP contribution in [0.5, 0.6) is 0 Å². The van der Waals surface area contributed by atoms with Crippen LogP contribution in [0.25, 0.3) is 16.7 Å². The number of aryl methyl sites for hydroxylation is 1. The molecule has 3 nitrogen and oxygen atoms in total. The summed E-state index contributed by atoms with van der Waals surface area (Å²) in [5.41, 5.74) is 4.36. The van der Waals surface area contributed by atoms with Crippen molar-refractivity contribution < 1.29 is 0 Å². The van der Waals surface area contributed by atoms with Crippen LogP contribution in [0.4, 0.5) is 0 Å². The van der Waals surface area contributed by atoms with Crippen molar-refractivity contribution in [2.24, 2.45) is 0 Å². The Balaban J connectivity index is 1.70. The molecular weight excluding hydrogens is 282 g/mol. The highest BCUT2D eigenvalue weighted by Gasteiger charge is 2.08. The fraction of sp³-hybridized carbons (Fsp3) is 0.400. The average molecular weight is 307 g/mol. The third-order valence-electron chi connectivity index (χ3n) is 4.28. The Labute approximate surface area is 138 Å². The highest BCUT2D eigenvalue weighted by Crippen LogP contribution is 2.19. The molecule has 0 aliphatic heterocycles. The van der Waals surface area contributed by atoms with Crippen molar-refractivity contribution in [3.63, 3.8) is 0 Å². The number of hydrogen-bond donors (Lipinski definition) is 0. The zero-order valence-electron chi connectivity index (χ0n) is 13.9. The van der Waals surface area contributed by atoms with Crippen molar-refractivity contribution in [3.05, 3.63) is 54.1 Å². The quantitative estimate of drug-likeness (QED) is 0.527. The molecule has 0 aliphatic rings. The maximum Gasteiger partial charge on any atom is 0.116 e. The molecule has 0 unspecified atom stereocenters. The number of rotatable bonds is 8. The Kier molecular flexibility index (Phi) is 5.41. The summed E-state index contributed by atoms with van der Waals surface area (Å²) < 4.78 is 0. The summed E-state index contributed by atoms with van der Waals surface area (Å²) in [6, 6.07) is 16.4. The monoisotopic (exact) mass is 307 g/mol. The molecule has 1 aromatic heterocycles. The van der Waals surface area contributed by atoms with Crippen LogP contribution in [0, 0.1) is 0 Å². The predicted octanol–water partition coefficient (Wildman–Crippen LogP) is 5.32. The van der Waals surface area contributed by atoms with Crippen LogP contribution in [0.3, 0.4) is 0 Å². The minimum atomic E-state index is 0.984. The number of para-hydroxylation sites is 1. The van der Waals surface area contributed by atoms with Crippen LogP contribution in [0.2, 0.25) is 0 Å². The van der Waals surface area contributed by atoms with Crippen molar-refractivity contribution in [1.29, 1.82) is 0 Å². The van der Waals surface area contributed by atoms with Crippen molar-refractivity contribution >= 4 is 11.0 Å². The van der Waals surface area contributed by atoms with E-state index in [1.165, 1.54) is 44.1 Å². The number of fused-ring (bicyclic) bond motifs is 1. The Morgan fingerprint density at radius 3 is 2.39 bits per heavy atom. The summed E-state index contributed by atoms with van der Waals surface area (Å²) in [6.45, 7) is 2.26. The van der Waals surface area contributed by atoms with E-state index < -0.39 is 0 Å². The van der Waals surface area contributed by atoms with E-state index in [4.69, 9.17) is 5.10 Å². The van der Waals surface area contributed by atoms with Crippen molar-refractivity contribution in [3.8, 4) is 5.69 Å². The van der Waals surface area contributed by atoms with Crippen LogP contribution < -0.4 is 0 Å². The molecule has 23 heavy (non-hydrogen) atoms. The van der Waals surface area contributed by atoms with Gasteiger partial charge in [0, 0.05) is 0 Å². The zero-order valence-corrected chi connectivity index (χ0v) is 13.9. The van der Waals surface area contributed by atoms with Gasteiger partial charge in [-0.3, -0.25) is 0 Å². The predicted molar refractivity (Wildman–Crippen MR) is 95.9 cm³/mol. The van der Waals surface area contributed by atoms with Gasteiger partial charge in [0.15, 0.2) is 0 Å². The van der Waals surface area contributed by atoms with Crippen LogP contribution >= 0.6 is 0 Å². The van der Waals surface area contributed by atoms with Gasteiger partial charge in [0.2, 0.25) is 0 Å². The van der Waals surface area contributed by atoms with E-state index in [-0.39, 0.29) is 0 Å². The van der Waals surface area contributed by atoms with E-state index in [1.807, 2.05) is 36.4 Å². The van der Waals surface area contributed by atoms with E-state index in [9.17, 15) is 0 Å². The average Bonchev–Trinajstić information content (AvgIpc) is 3.04. The van der Waals surface area contributed by atoms with Crippen molar-refractivity contribution in [2.45, 2.75) is 51.9 Å². The number of hydrogen-bond acceptors (Lipinski definition) is 2. The molecule has 3 aromatic rings. The number of aromatic nitrogens is 3. The lowest BCUT2D eigenvalue weighted by molar-refractivity contribution is 0.608. The number of unbranched alkanes of at least 4 members (excludes halogenated alkanes) is 5. The third kappa shape index (κ3) is 3.98. The lowest BCUT2D eigenvalue weighted by Gasteiger charge is -2.02. The van der Waals surface area contributed by atoms with Crippen LogP contribution in [-0.4, -0.2) is 15.0 Å². The molecular formula is C20H25N3. The number of nitrogens with zero attached hydrogens (tertiary/aromatic N) is 3. The van der Waals surface area contributed by atoms with Crippen LogP contribution in [0.15, 0.2) is 48.5 Å². The standard InChI is InChI=1S/C20H25N3/c1-2-3-4-5-6-8-12-17-13-11-16-19-20(17)22-23(21-19)18-14-9-7-10-15-18/h7,9-11,13-16H,2-6,8,12H2,1H3. The van der Waals surface area contributed by atoms with Gasteiger partial charge in [-0.25, -0.2) is 0 Å². The molecule has 0 aliphatic carbocycles. The molecule has 0 saturated heterocycles. The molecule has 1 heterocycles. The maximum absolute atomic E-state index is 4.72. The molecule has 0 amide bonds. The first-order chi connectivity index (χ1) is 11.4. The molecule has 0 atom stereocenters. The Hall–Kier alpha value is -2.16. The topological polar surface area (TPSA) is 30.7 Å². The molecule has 0 spiro atoms. The van der Waals surface area contributed by atoms with Crippen molar-refractivity contribution in [1.82, 2.24) is 15.0 Å². The second-order valence-electron chi connectivity index (χ2n) is 6.13. The molecule has 0 fully saturated rings. The molecule has 0 radical (unpaired) electrons. The first kappa shape index (κ1) is 15.7. The molecule has 0 N–H and O–H groups in total. The van der Waals surface area contributed by atoms with Gasteiger partial charge in [-0.15, -0.1) is 10.2 Å². The first-order valence-electron chi connectivity index (χ1n) is 8.79. The second-order valence-corrected chi connectivity index (χ2v) is 6.13. The summed E-state index contributed by atoms with van der Waals surface area (Å²) in [5, 5.41) is 9.33. The van der Waals surface area contributed by atoms with Gasteiger partial charge in [-0.05, 0) is 36.6 Å². The first-order valence-corrected chi connectivity index (χ1v) is 8.79. The van der Waals surface area contributed by atoms with Gasteiger partial charge in [-0.1, -0.05) is 69.4 Å². The zero-order chi connectivity index (χ0) is 15.9. The minimum absolute atomic E-state index is 0.984. The summed E-state index contributed by atoms with van der Waals surface area (Å²) in [4.78, 5) is 1.75. The summed E-state index contributed by atoms with van der Waals surface area (Å²) in [5.74, 6) is 0. The fourth-order valence-corrected chi connectivity index (χ4v) is 2.97. The third-order valence-corrected chi connectivity index (χ3v) is 4.28. The lowest BCUT2D eigenvalue weighted by atomic mass is 10.0.